The maximum absolute atomic E-state index is 13.3. The Bertz CT molecular complexity index is 1660. The smallest absolute Gasteiger partial charge is 0.276 e. The summed E-state index contributed by atoms with van der Waals surface area (Å²) in [6, 6.07) is 12.6. The van der Waals surface area contributed by atoms with E-state index >= 15 is 0 Å². The molecule has 0 saturated heterocycles. The van der Waals surface area contributed by atoms with Gasteiger partial charge < -0.3 is 21.3 Å². The molecule has 0 spiro atoms. The minimum absolute atomic E-state index is 0.0136. The Hall–Kier alpha value is -4.00. The van der Waals surface area contributed by atoms with Gasteiger partial charge in [-0.1, -0.05) is 35.6 Å². The van der Waals surface area contributed by atoms with Crippen molar-refractivity contribution < 1.29 is 15.0 Å². The number of hydrogen-bond donors (Lipinski definition) is 5. The lowest BCUT2D eigenvalue weighted by atomic mass is 10.1. The second kappa shape index (κ2) is 8.98. The predicted octanol–water partition coefficient (Wildman–Crippen LogP) is 3.22. The summed E-state index contributed by atoms with van der Waals surface area (Å²) in [5.74, 6) is -0.615. The molecule has 2 aromatic carbocycles. The van der Waals surface area contributed by atoms with Crippen molar-refractivity contribution in [3.05, 3.63) is 69.5 Å². The zero-order chi connectivity index (χ0) is 24.7. The Balaban J connectivity index is 1.46. The second-order valence-corrected chi connectivity index (χ2v) is 9.69. The number of aliphatic hydroxyl groups is 1. The maximum Gasteiger partial charge on any atom is 0.276 e. The molecule has 6 N–H and O–H groups in total. The Morgan fingerprint density at radius 1 is 1.26 bits per heavy atom. The molecule has 0 radical (unpaired) electrons. The number of aliphatic imine (C=N–C) groups is 1. The molecule has 35 heavy (non-hydrogen) atoms. The van der Waals surface area contributed by atoms with E-state index in [2.05, 4.69) is 19.7 Å². The summed E-state index contributed by atoms with van der Waals surface area (Å²) < 4.78 is 3.85. The van der Waals surface area contributed by atoms with Gasteiger partial charge in [-0.2, -0.15) is 0 Å². The van der Waals surface area contributed by atoms with Crippen molar-refractivity contribution >= 4 is 66.4 Å². The molecule has 0 aliphatic carbocycles. The molecule has 12 heteroatoms. The monoisotopic (exact) mass is 508 g/mol. The first kappa shape index (κ1) is 22.8. The standard InChI is InChI=1S/C23H20N6O4S2/c1-11(10-30)26-19(24)18-20(32)28-35-21(18)27-23-25-9-16(34-23)22(33)29-15-7-13-5-3-2-4-12(13)6-14(15)8-17(29)31/h2-9,11,30-31H,10H2,1H3,(H2,24,26)(H,25,27)(H,28,32). The summed E-state index contributed by atoms with van der Waals surface area (Å²) in [5.41, 5.74) is 6.28. The van der Waals surface area contributed by atoms with Crippen LogP contribution in [0.1, 0.15) is 22.2 Å². The number of nitrogens with one attached hydrogen (secondary N) is 2. The number of aromatic nitrogens is 3. The molecule has 3 heterocycles. The number of aromatic hydroxyl groups is 1. The van der Waals surface area contributed by atoms with E-state index in [1.165, 1.54) is 10.8 Å². The zero-order valence-corrected chi connectivity index (χ0v) is 20.0. The Morgan fingerprint density at radius 3 is 2.74 bits per heavy atom. The van der Waals surface area contributed by atoms with Gasteiger partial charge in [0.15, 0.2) is 11.0 Å². The quantitative estimate of drug-likeness (QED) is 0.174. The normalized spacial score (nSPS) is 12.9. The molecule has 1 unspecified atom stereocenters. The fraction of sp³-hybridized carbons (Fsp3) is 0.130. The summed E-state index contributed by atoms with van der Waals surface area (Å²) in [7, 11) is 0. The predicted molar refractivity (Wildman–Crippen MR) is 138 cm³/mol. The third kappa shape index (κ3) is 4.18. The molecule has 0 amide bonds. The highest BCUT2D eigenvalue weighted by atomic mass is 32.1. The number of aromatic amines is 1. The van der Waals surface area contributed by atoms with E-state index < -0.39 is 17.5 Å². The molecule has 0 saturated carbocycles. The fourth-order valence-corrected chi connectivity index (χ4v) is 5.26. The van der Waals surface area contributed by atoms with Gasteiger partial charge in [-0.05, 0) is 41.4 Å². The maximum atomic E-state index is 13.3. The molecule has 0 aliphatic rings. The third-order valence-electron chi connectivity index (χ3n) is 5.37. The van der Waals surface area contributed by atoms with Crippen molar-refractivity contribution in [1.29, 1.82) is 0 Å². The number of fused-ring (bicyclic) bond motifs is 2. The molecule has 3 aromatic heterocycles. The van der Waals surface area contributed by atoms with Crippen LogP contribution in [0.2, 0.25) is 0 Å². The zero-order valence-electron chi connectivity index (χ0n) is 18.3. The van der Waals surface area contributed by atoms with Gasteiger partial charge in [0.2, 0.25) is 0 Å². The molecule has 0 fully saturated rings. The van der Waals surface area contributed by atoms with Crippen LogP contribution in [-0.4, -0.2) is 48.5 Å². The lowest BCUT2D eigenvalue weighted by Gasteiger charge is -2.06. The number of carbonyl (C=O) groups is 1. The number of rotatable bonds is 6. The second-order valence-electron chi connectivity index (χ2n) is 7.84. The van der Waals surface area contributed by atoms with Crippen molar-refractivity contribution in [3.63, 3.8) is 0 Å². The minimum Gasteiger partial charge on any atom is -0.494 e. The topological polar surface area (TPSA) is 159 Å². The van der Waals surface area contributed by atoms with Crippen molar-refractivity contribution in [2.75, 3.05) is 11.9 Å². The molecule has 5 aromatic rings. The summed E-state index contributed by atoms with van der Waals surface area (Å²) in [5, 5.41) is 26.2. The third-order valence-corrected chi connectivity index (χ3v) is 7.07. The van der Waals surface area contributed by atoms with E-state index in [-0.39, 0.29) is 28.8 Å². The van der Waals surface area contributed by atoms with Gasteiger partial charge >= 0.3 is 0 Å². The highest BCUT2D eigenvalue weighted by molar-refractivity contribution is 7.18. The van der Waals surface area contributed by atoms with E-state index in [0.29, 0.717) is 15.6 Å². The summed E-state index contributed by atoms with van der Waals surface area (Å²) in [6.45, 7) is 1.46. The number of thiazole rings is 1. The first-order valence-electron chi connectivity index (χ1n) is 10.5. The van der Waals surface area contributed by atoms with Gasteiger partial charge in [0.25, 0.3) is 11.5 Å². The van der Waals surface area contributed by atoms with E-state index in [1.54, 1.807) is 13.0 Å². The van der Waals surface area contributed by atoms with Gasteiger partial charge in [-0.15, -0.1) is 0 Å². The molecule has 10 nitrogen and oxygen atoms in total. The first-order valence-corrected chi connectivity index (χ1v) is 12.2. The van der Waals surface area contributed by atoms with E-state index in [9.17, 15) is 19.8 Å². The van der Waals surface area contributed by atoms with Crippen molar-refractivity contribution in [3.8, 4) is 5.88 Å². The van der Waals surface area contributed by atoms with Gasteiger partial charge in [-0.3, -0.25) is 19.0 Å². The van der Waals surface area contributed by atoms with E-state index in [0.717, 1.165) is 39.0 Å². The van der Waals surface area contributed by atoms with Crippen LogP contribution in [0.3, 0.4) is 0 Å². The highest BCUT2D eigenvalue weighted by Gasteiger charge is 2.21. The van der Waals surface area contributed by atoms with Crippen LogP contribution in [0.4, 0.5) is 10.1 Å². The summed E-state index contributed by atoms with van der Waals surface area (Å²) in [4.78, 5) is 34.2. The Morgan fingerprint density at radius 2 is 2.00 bits per heavy atom. The number of aliphatic hydroxyl groups excluding tert-OH is 1. The van der Waals surface area contributed by atoms with Gasteiger partial charge in [0.1, 0.15) is 21.3 Å². The molecule has 5 rings (SSSR count). The summed E-state index contributed by atoms with van der Waals surface area (Å²) >= 11 is 2.09. The Kier molecular flexibility index (Phi) is 5.84. The molecular weight excluding hydrogens is 488 g/mol. The average Bonchev–Trinajstić information content (AvgIpc) is 3.53. The molecule has 1 atom stereocenters. The van der Waals surface area contributed by atoms with E-state index in [4.69, 9.17) is 5.73 Å². The van der Waals surface area contributed by atoms with Crippen LogP contribution >= 0.6 is 22.9 Å². The van der Waals surface area contributed by atoms with Crippen LogP contribution in [-0.2, 0) is 0 Å². The number of benzene rings is 2. The Labute approximate surface area is 206 Å². The summed E-state index contributed by atoms with van der Waals surface area (Å²) in [6.07, 6.45) is 1.40. The molecule has 0 bridgehead atoms. The number of H-pyrrole nitrogens is 1. The highest BCUT2D eigenvalue weighted by Crippen LogP contribution is 2.32. The average molecular weight is 509 g/mol. The first-order chi connectivity index (χ1) is 16.9. The van der Waals surface area contributed by atoms with Gasteiger partial charge in [0.05, 0.1) is 24.4 Å². The molecule has 0 aliphatic heterocycles. The van der Waals surface area contributed by atoms with E-state index in [1.807, 2.05) is 36.4 Å². The van der Waals surface area contributed by atoms with Crippen molar-refractivity contribution in [2.24, 2.45) is 10.7 Å². The number of carbonyl (C=O) groups excluding carboxylic acids is 1. The van der Waals surface area contributed by atoms with Crippen LogP contribution in [0.15, 0.2) is 58.4 Å². The van der Waals surface area contributed by atoms with Crippen molar-refractivity contribution in [1.82, 2.24) is 13.9 Å². The van der Waals surface area contributed by atoms with Crippen molar-refractivity contribution in [2.45, 2.75) is 13.0 Å². The largest absolute Gasteiger partial charge is 0.494 e. The van der Waals surface area contributed by atoms with Crippen LogP contribution in [0.5, 0.6) is 5.88 Å². The number of anilines is 2. The fourth-order valence-electron chi connectivity index (χ4n) is 3.70. The number of hydrogen-bond acceptors (Lipinski definition) is 9. The lowest BCUT2D eigenvalue weighted by molar-refractivity contribution is 0.0960. The van der Waals surface area contributed by atoms with Gasteiger partial charge in [0, 0.05) is 11.5 Å². The SMILES string of the molecule is CC(CO)N=C(N)c1c(Nc2ncc(C(=O)n3c(O)cc4cc5ccccc5cc43)s2)s[nH]c1=O. The molecule has 178 valence electrons. The number of amidine groups is 1. The van der Waals surface area contributed by atoms with Gasteiger partial charge in [-0.25, -0.2) is 9.55 Å². The lowest BCUT2D eigenvalue weighted by Crippen LogP contribution is -2.24. The van der Waals surface area contributed by atoms with Crippen LogP contribution in [0.25, 0.3) is 21.7 Å². The van der Waals surface area contributed by atoms with Crippen LogP contribution < -0.4 is 16.6 Å². The minimum atomic E-state index is -0.465. The molecular formula is C23H20N6O4S2. The number of nitrogens with two attached hydrogens (primary N) is 1. The number of nitrogens with zero attached hydrogens (tertiary/aromatic N) is 3. The van der Waals surface area contributed by atoms with Crippen LogP contribution in [0, 0.1) is 0 Å².